The number of aromatic nitrogens is 1. The average molecular weight is 416 g/mol. The summed E-state index contributed by atoms with van der Waals surface area (Å²) in [5.41, 5.74) is 0.672. The minimum atomic E-state index is -0.372. The van der Waals surface area contributed by atoms with E-state index in [2.05, 4.69) is 27.9 Å². The number of hydrogen-bond donors (Lipinski definition) is 3. The minimum absolute atomic E-state index is 0.0654. The summed E-state index contributed by atoms with van der Waals surface area (Å²) in [4.78, 5) is 21.2. The molecule has 1 aromatic rings. The van der Waals surface area contributed by atoms with Gasteiger partial charge in [-0.15, -0.1) is 0 Å². The van der Waals surface area contributed by atoms with Gasteiger partial charge in [0.15, 0.2) is 0 Å². The van der Waals surface area contributed by atoms with Gasteiger partial charge in [-0.3, -0.25) is 9.79 Å². The second kappa shape index (κ2) is 9.22. The van der Waals surface area contributed by atoms with E-state index in [1.165, 1.54) is 6.20 Å². The summed E-state index contributed by atoms with van der Waals surface area (Å²) in [5, 5.41) is 9.22. The van der Waals surface area contributed by atoms with Gasteiger partial charge in [0.2, 0.25) is 5.91 Å². The van der Waals surface area contributed by atoms with E-state index in [9.17, 15) is 9.18 Å². The number of ether oxygens (including phenoxy) is 1. The number of nitrogens with zero attached hydrogens (tertiary/aromatic N) is 2. The van der Waals surface area contributed by atoms with Crippen molar-refractivity contribution in [3.63, 3.8) is 0 Å². The molecule has 30 heavy (non-hydrogen) atoms. The zero-order valence-electron chi connectivity index (χ0n) is 17.4. The number of amidine groups is 1. The number of carbonyl (C=O) groups excluding carboxylic acids is 1. The maximum atomic E-state index is 14.6. The van der Waals surface area contributed by atoms with Crippen molar-refractivity contribution in [2.24, 2.45) is 16.3 Å². The average Bonchev–Trinajstić information content (AvgIpc) is 3.30. The number of pyridine rings is 1. The Morgan fingerprint density at radius 1 is 1.43 bits per heavy atom. The Kier molecular flexibility index (Phi) is 6.43. The van der Waals surface area contributed by atoms with Crippen LogP contribution in [0.5, 0.6) is 0 Å². The highest BCUT2D eigenvalue weighted by atomic mass is 19.1. The molecule has 162 valence electrons. The van der Waals surface area contributed by atoms with E-state index < -0.39 is 0 Å². The van der Waals surface area contributed by atoms with Gasteiger partial charge in [0.25, 0.3) is 0 Å². The Bertz CT molecular complexity index is 829. The highest BCUT2D eigenvalue weighted by Crippen LogP contribution is 2.31. The van der Waals surface area contributed by atoms with E-state index in [1.54, 1.807) is 6.07 Å². The lowest BCUT2D eigenvalue weighted by Crippen LogP contribution is -2.31. The van der Waals surface area contributed by atoms with Crippen molar-refractivity contribution >= 4 is 17.6 Å². The number of aliphatic imine (C=N–C) groups is 1. The van der Waals surface area contributed by atoms with Crippen molar-refractivity contribution in [2.75, 3.05) is 38.2 Å². The van der Waals surface area contributed by atoms with Crippen LogP contribution in [0.2, 0.25) is 0 Å². The number of carbonyl (C=O) groups is 1. The molecule has 3 aliphatic rings. The first-order valence-corrected chi connectivity index (χ1v) is 10.7. The van der Waals surface area contributed by atoms with Crippen LogP contribution in [-0.2, 0) is 9.53 Å². The molecular weight excluding hydrogens is 385 g/mol. The van der Waals surface area contributed by atoms with E-state index in [4.69, 9.17) is 9.73 Å². The van der Waals surface area contributed by atoms with Gasteiger partial charge in [-0.2, -0.15) is 0 Å². The topological polar surface area (TPSA) is 87.6 Å². The van der Waals surface area contributed by atoms with Crippen LogP contribution in [0.4, 0.5) is 10.2 Å². The van der Waals surface area contributed by atoms with Crippen LogP contribution in [0.1, 0.15) is 44.1 Å². The van der Waals surface area contributed by atoms with E-state index >= 15 is 0 Å². The molecule has 1 aromatic heterocycles. The van der Waals surface area contributed by atoms with Crippen LogP contribution < -0.4 is 16.0 Å². The number of anilines is 1. The molecule has 2 atom stereocenters. The first-order chi connectivity index (χ1) is 14.5. The van der Waals surface area contributed by atoms with Crippen LogP contribution in [0.3, 0.4) is 0 Å². The van der Waals surface area contributed by atoms with Gasteiger partial charge in [-0.25, -0.2) is 9.37 Å². The standard InChI is InChI=1S/C22H30FN5O2/c1-22(4-8-30-9-5-22)14-27-19-10-15(3-7-25-19)17-11-20(26-13-18(17)23)28-21(29)16-2-6-24-12-16/h3,7,11,13,15-16,24H,2,4-6,8-10,12,14H2,1H3,(H,25,27)(H,26,28,29)/t15?,16-/m1/s1. The second-order valence-electron chi connectivity index (χ2n) is 8.77. The van der Waals surface area contributed by atoms with Gasteiger partial charge in [-0.1, -0.05) is 13.0 Å². The van der Waals surface area contributed by atoms with Gasteiger partial charge < -0.3 is 20.7 Å². The van der Waals surface area contributed by atoms with Crippen LogP contribution >= 0.6 is 0 Å². The molecule has 2 fully saturated rings. The molecule has 3 N–H and O–H groups in total. The van der Waals surface area contributed by atoms with Gasteiger partial charge in [-0.05, 0) is 43.5 Å². The van der Waals surface area contributed by atoms with Crippen molar-refractivity contribution in [2.45, 2.75) is 38.5 Å². The maximum absolute atomic E-state index is 14.6. The van der Waals surface area contributed by atoms with Gasteiger partial charge in [0, 0.05) is 44.2 Å². The molecule has 8 heteroatoms. The molecule has 0 spiro atoms. The molecule has 0 radical (unpaired) electrons. The van der Waals surface area contributed by atoms with Crippen molar-refractivity contribution in [3.8, 4) is 0 Å². The SMILES string of the molecule is CC1(CN=C2CC(c3cc(NC(=O)[C@@H]4CCNC4)ncc3F)C=CN2)CCOCC1. The molecule has 3 aliphatic heterocycles. The second-order valence-corrected chi connectivity index (χ2v) is 8.77. The van der Waals surface area contributed by atoms with Crippen molar-refractivity contribution < 1.29 is 13.9 Å². The summed E-state index contributed by atoms with van der Waals surface area (Å²) in [5.74, 6) is 0.585. The lowest BCUT2D eigenvalue weighted by atomic mass is 9.82. The van der Waals surface area contributed by atoms with Crippen LogP contribution in [-0.4, -0.2) is 49.6 Å². The molecule has 1 amide bonds. The lowest BCUT2D eigenvalue weighted by molar-refractivity contribution is -0.119. The molecule has 4 rings (SSSR count). The first kappa shape index (κ1) is 20.9. The fraction of sp³-hybridized carbons (Fsp3) is 0.591. The number of amides is 1. The van der Waals surface area contributed by atoms with Gasteiger partial charge >= 0.3 is 0 Å². The van der Waals surface area contributed by atoms with Gasteiger partial charge in [0.1, 0.15) is 17.5 Å². The Balaban J connectivity index is 1.43. The molecule has 0 bridgehead atoms. The Morgan fingerprint density at radius 2 is 2.27 bits per heavy atom. The Labute approximate surface area is 176 Å². The van der Waals surface area contributed by atoms with Crippen molar-refractivity contribution in [1.29, 1.82) is 0 Å². The molecule has 0 saturated carbocycles. The Hall–Kier alpha value is -2.32. The number of hydrogen-bond acceptors (Lipinski definition) is 5. The normalized spacial score (nSPS) is 27.1. The first-order valence-electron chi connectivity index (χ1n) is 10.7. The minimum Gasteiger partial charge on any atom is -0.381 e. The van der Waals surface area contributed by atoms with E-state index in [-0.39, 0.29) is 29.0 Å². The number of allylic oxidation sites excluding steroid dienone is 1. The summed E-state index contributed by atoms with van der Waals surface area (Å²) in [6.07, 6.45) is 8.34. The summed E-state index contributed by atoms with van der Waals surface area (Å²) in [6, 6.07) is 1.65. The third-order valence-corrected chi connectivity index (χ3v) is 6.31. The van der Waals surface area contributed by atoms with Crippen LogP contribution in [0.25, 0.3) is 0 Å². The largest absolute Gasteiger partial charge is 0.381 e. The predicted molar refractivity (Wildman–Crippen MR) is 114 cm³/mol. The summed E-state index contributed by atoms with van der Waals surface area (Å²) < 4.78 is 20.0. The molecule has 2 saturated heterocycles. The molecular formula is C22H30FN5O2. The monoisotopic (exact) mass is 415 g/mol. The molecule has 7 nitrogen and oxygen atoms in total. The van der Waals surface area contributed by atoms with Crippen molar-refractivity contribution in [1.82, 2.24) is 15.6 Å². The highest BCUT2D eigenvalue weighted by Gasteiger charge is 2.28. The summed E-state index contributed by atoms with van der Waals surface area (Å²) >= 11 is 0. The Morgan fingerprint density at radius 3 is 3.03 bits per heavy atom. The smallest absolute Gasteiger partial charge is 0.229 e. The zero-order valence-corrected chi connectivity index (χ0v) is 17.4. The molecule has 0 aromatic carbocycles. The molecule has 4 heterocycles. The third-order valence-electron chi connectivity index (χ3n) is 6.31. The third kappa shape index (κ3) is 5.05. The zero-order chi connectivity index (χ0) is 21.0. The molecule has 1 unspecified atom stereocenters. The number of halogens is 1. The van der Waals surface area contributed by atoms with Crippen LogP contribution in [0.15, 0.2) is 29.5 Å². The van der Waals surface area contributed by atoms with E-state index in [0.717, 1.165) is 51.4 Å². The molecule has 0 aliphatic carbocycles. The quantitative estimate of drug-likeness (QED) is 0.688. The fourth-order valence-electron chi connectivity index (χ4n) is 4.14. The number of nitrogens with one attached hydrogen (secondary N) is 3. The van der Waals surface area contributed by atoms with E-state index in [1.807, 2.05) is 12.3 Å². The fourth-order valence-corrected chi connectivity index (χ4v) is 4.14. The van der Waals surface area contributed by atoms with Crippen LogP contribution in [0, 0.1) is 17.2 Å². The number of rotatable bonds is 5. The van der Waals surface area contributed by atoms with Gasteiger partial charge in [0.05, 0.1) is 12.1 Å². The summed E-state index contributed by atoms with van der Waals surface area (Å²) in [7, 11) is 0. The van der Waals surface area contributed by atoms with E-state index in [0.29, 0.717) is 24.3 Å². The lowest BCUT2D eigenvalue weighted by Gasteiger charge is -2.32. The summed E-state index contributed by atoms with van der Waals surface area (Å²) in [6.45, 7) is 6.05. The highest BCUT2D eigenvalue weighted by molar-refractivity contribution is 5.92. The maximum Gasteiger partial charge on any atom is 0.229 e. The van der Waals surface area contributed by atoms with Crippen molar-refractivity contribution in [3.05, 3.63) is 35.9 Å². The predicted octanol–water partition coefficient (Wildman–Crippen LogP) is 2.57.